The Labute approximate surface area is 152 Å². The third-order valence-electron chi connectivity index (χ3n) is 5.76. The van der Waals surface area contributed by atoms with Gasteiger partial charge in [0.05, 0.1) is 19.2 Å². The number of fused-ring (bicyclic) bond motifs is 2. The molecule has 3 aliphatic heterocycles. The van der Waals surface area contributed by atoms with Crippen LogP contribution >= 0.6 is 0 Å². The number of hydrogen-bond donors (Lipinski definition) is 0. The summed E-state index contributed by atoms with van der Waals surface area (Å²) < 4.78 is 5.17. The second-order valence-corrected chi connectivity index (χ2v) is 7.46. The van der Waals surface area contributed by atoms with E-state index in [0.717, 1.165) is 36.6 Å². The summed E-state index contributed by atoms with van der Waals surface area (Å²) in [5, 5.41) is 0. The molecule has 2 unspecified atom stereocenters. The summed E-state index contributed by atoms with van der Waals surface area (Å²) in [7, 11) is 1.63. The third-order valence-corrected chi connectivity index (χ3v) is 5.76. The number of hydrogen-bond acceptors (Lipinski definition) is 5. The number of carbonyl (C=O) groups is 1. The van der Waals surface area contributed by atoms with E-state index in [0.29, 0.717) is 5.92 Å². The molecule has 4 heterocycles. The molecule has 134 valence electrons. The second kappa shape index (κ2) is 5.97. The zero-order valence-corrected chi connectivity index (χ0v) is 14.8. The zero-order valence-electron chi connectivity index (χ0n) is 14.8. The van der Waals surface area contributed by atoms with Crippen molar-refractivity contribution in [1.82, 2.24) is 14.9 Å². The van der Waals surface area contributed by atoms with E-state index in [-0.39, 0.29) is 18.0 Å². The predicted octanol–water partition coefficient (Wildman–Crippen LogP) is 2.47. The minimum Gasteiger partial charge on any atom is -0.497 e. The summed E-state index contributed by atoms with van der Waals surface area (Å²) in [5.74, 6) is 2.53. The summed E-state index contributed by atoms with van der Waals surface area (Å²) in [6.45, 7) is 1.69. The Morgan fingerprint density at radius 3 is 2.50 bits per heavy atom. The molecule has 1 aromatic heterocycles. The van der Waals surface area contributed by atoms with E-state index in [1.165, 1.54) is 18.5 Å². The van der Waals surface area contributed by atoms with Crippen LogP contribution in [0.5, 0.6) is 5.75 Å². The van der Waals surface area contributed by atoms with Crippen molar-refractivity contribution < 1.29 is 9.53 Å². The highest BCUT2D eigenvalue weighted by Gasteiger charge is 2.47. The fourth-order valence-corrected chi connectivity index (χ4v) is 4.15. The van der Waals surface area contributed by atoms with Gasteiger partial charge in [0.25, 0.3) is 5.91 Å². The molecule has 6 rings (SSSR count). The van der Waals surface area contributed by atoms with Crippen LogP contribution in [0.3, 0.4) is 0 Å². The molecule has 6 heteroatoms. The number of piperidine rings is 1. The topological polar surface area (TPSA) is 58.6 Å². The summed E-state index contributed by atoms with van der Waals surface area (Å²) in [5.41, 5.74) is 1.90. The normalized spacial score (nSPS) is 24.2. The van der Waals surface area contributed by atoms with Crippen LogP contribution < -0.4 is 9.64 Å². The third kappa shape index (κ3) is 2.60. The molecule has 26 heavy (non-hydrogen) atoms. The minimum absolute atomic E-state index is 0.120. The lowest BCUT2D eigenvalue weighted by Crippen LogP contribution is -2.70. The van der Waals surface area contributed by atoms with E-state index >= 15 is 0 Å². The molecule has 1 saturated carbocycles. The monoisotopic (exact) mass is 350 g/mol. The number of piperazine rings is 1. The van der Waals surface area contributed by atoms with Crippen molar-refractivity contribution in [1.29, 1.82) is 0 Å². The van der Waals surface area contributed by atoms with Gasteiger partial charge in [-0.25, -0.2) is 9.97 Å². The van der Waals surface area contributed by atoms with Crippen molar-refractivity contribution in [3.05, 3.63) is 47.9 Å². The van der Waals surface area contributed by atoms with Crippen molar-refractivity contribution in [2.24, 2.45) is 0 Å². The molecule has 0 radical (unpaired) electrons. The van der Waals surface area contributed by atoms with Crippen molar-refractivity contribution in [2.45, 2.75) is 37.3 Å². The highest BCUT2D eigenvalue weighted by molar-refractivity contribution is 5.95. The Kier molecular flexibility index (Phi) is 3.58. The van der Waals surface area contributed by atoms with Gasteiger partial charge in [0, 0.05) is 36.3 Å². The Hall–Kier alpha value is -2.63. The van der Waals surface area contributed by atoms with Gasteiger partial charge in [0.15, 0.2) is 0 Å². The average molecular weight is 350 g/mol. The Balaban J connectivity index is 1.29. The van der Waals surface area contributed by atoms with Crippen molar-refractivity contribution in [2.75, 3.05) is 25.1 Å². The molecule has 0 N–H and O–H groups in total. The van der Waals surface area contributed by atoms with E-state index in [2.05, 4.69) is 20.9 Å². The standard InChI is InChI=1S/C20H22N4O2/c1-26-17-6-4-14(5-7-17)20(25)24-15-8-16(24)11-23(10-15)19-9-18(13-2-3-13)21-12-22-19/h4-7,9,12-13,15-16H,2-3,8,10-11H2,1H3. The highest BCUT2D eigenvalue weighted by Crippen LogP contribution is 2.40. The summed E-state index contributed by atoms with van der Waals surface area (Å²) in [4.78, 5) is 26.1. The van der Waals surface area contributed by atoms with Gasteiger partial charge >= 0.3 is 0 Å². The number of aromatic nitrogens is 2. The van der Waals surface area contributed by atoms with Crippen molar-refractivity contribution >= 4 is 11.7 Å². The van der Waals surface area contributed by atoms with Gasteiger partial charge in [-0.15, -0.1) is 0 Å². The van der Waals surface area contributed by atoms with E-state index in [1.807, 2.05) is 29.2 Å². The van der Waals surface area contributed by atoms with Gasteiger partial charge in [0.2, 0.25) is 0 Å². The molecule has 2 atom stereocenters. The summed E-state index contributed by atoms with van der Waals surface area (Å²) in [6, 6.07) is 10.0. The van der Waals surface area contributed by atoms with E-state index in [1.54, 1.807) is 13.4 Å². The molecule has 4 fully saturated rings. The lowest BCUT2D eigenvalue weighted by atomic mass is 9.86. The number of rotatable bonds is 4. The van der Waals surface area contributed by atoms with Crippen molar-refractivity contribution in [3.8, 4) is 5.75 Å². The molecule has 2 aromatic rings. The Morgan fingerprint density at radius 1 is 1.12 bits per heavy atom. The van der Waals surface area contributed by atoms with Crippen LogP contribution in [0.25, 0.3) is 0 Å². The molecule has 0 spiro atoms. The molecule has 1 aliphatic carbocycles. The first-order chi connectivity index (χ1) is 12.7. The second-order valence-electron chi connectivity index (χ2n) is 7.46. The number of carbonyl (C=O) groups excluding carboxylic acids is 1. The summed E-state index contributed by atoms with van der Waals surface area (Å²) >= 11 is 0. The molecular formula is C20H22N4O2. The maximum atomic E-state index is 12.9. The fraction of sp³-hybridized carbons (Fsp3) is 0.450. The number of nitrogens with zero attached hydrogens (tertiary/aromatic N) is 4. The summed E-state index contributed by atoms with van der Waals surface area (Å²) in [6.07, 6.45) is 5.25. The van der Waals surface area contributed by atoms with Gasteiger partial charge in [-0.1, -0.05) is 0 Å². The van der Waals surface area contributed by atoms with Crippen LogP contribution in [0.4, 0.5) is 5.82 Å². The number of benzene rings is 1. The van der Waals surface area contributed by atoms with E-state index in [4.69, 9.17) is 4.74 Å². The van der Waals surface area contributed by atoms with Crippen LogP contribution in [0, 0.1) is 0 Å². The van der Waals surface area contributed by atoms with Gasteiger partial charge in [-0.2, -0.15) is 0 Å². The number of methoxy groups -OCH3 is 1. The molecule has 1 aromatic carbocycles. The lowest BCUT2D eigenvalue weighted by Gasteiger charge is -2.56. The van der Waals surface area contributed by atoms with Crippen LogP contribution in [0.1, 0.15) is 41.2 Å². The molecule has 2 bridgehead atoms. The van der Waals surface area contributed by atoms with Gasteiger partial charge in [0.1, 0.15) is 17.9 Å². The molecule has 3 saturated heterocycles. The number of anilines is 1. The largest absolute Gasteiger partial charge is 0.497 e. The van der Waals surface area contributed by atoms with Crippen LogP contribution in [0.15, 0.2) is 36.7 Å². The number of ether oxygens (including phenoxy) is 1. The van der Waals surface area contributed by atoms with Crippen LogP contribution in [0.2, 0.25) is 0 Å². The fourth-order valence-electron chi connectivity index (χ4n) is 4.15. The predicted molar refractivity (Wildman–Crippen MR) is 97.6 cm³/mol. The highest BCUT2D eigenvalue weighted by atomic mass is 16.5. The van der Waals surface area contributed by atoms with Gasteiger partial charge < -0.3 is 14.5 Å². The molecule has 6 nitrogen and oxygen atoms in total. The SMILES string of the molecule is COc1ccc(C(=O)N2C3CC2CN(c2cc(C4CC4)ncn2)C3)cc1. The maximum Gasteiger partial charge on any atom is 0.254 e. The molecule has 1 amide bonds. The average Bonchev–Trinajstić information content (AvgIpc) is 3.53. The minimum atomic E-state index is 0.120. The van der Waals surface area contributed by atoms with Crippen molar-refractivity contribution in [3.63, 3.8) is 0 Å². The maximum absolute atomic E-state index is 12.9. The zero-order chi connectivity index (χ0) is 17.7. The quantitative estimate of drug-likeness (QED) is 0.848. The first kappa shape index (κ1) is 15.6. The Morgan fingerprint density at radius 2 is 1.85 bits per heavy atom. The number of amides is 1. The first-order valence-corrected chi connectivity index (χ1v) is 9.26. The first-order valence-electron chi connectivity index (χ1n) is 9.26. The molecular weight excluding hydrogens is 328 g/mol. The van der Waals surface area contributed by atoms with E-state index in [9.17, 15) is 4.79 Å². The van der Waals surface area contributed by atoms with E-state index < -0.39 is 0 Å². The smallest absolute Gasteiger partial charge is 0.254 e. The Bertz CT molecular complexity index is 822. The van der Waals surface area contributed by atoms with Gasteiger partial charge in [-0.05, 0) is 43.5 Å². The van der Waals surface area contributed by atoms with Crippen LogP contribution in [-0.2, 0) is 0 Å². The van der Waals surface area contributed by atoms with Gasteiger partial charge in [-0.3, -0.25) is 4.79 Å². The van der Waals surface area contributed by atoms with Crippen LogP contribution in [-0.4, -0.2) is 53.1 Å². The molecule has 4 aliphatic rings. The lowest BCUT2D eigenvalue weighted by molar-refractivity contribution is 0.00575.